The molecule has 0 aliphatic heterocycles. The highest BCUT2D eigenvalue weighted by molar-refractivity contribution is 7.93. The summed E-state index contributed by atoms with van der Waals surface area (Å²) in [5.41, 5.74) is 0.223. The van der Waals surface area contributed by atoms with E-state index in [0.717, 1.165) is 6.07 Å². The van der Waals surface area contributed by atoms with Crippen LogP contribution in [0, 0.1) is 0 Å². The fourth-order valence-electron chi connectivity index (χ4n) is 2.44. The average molecular weight is 487 g/mol. The molecule has 3 rings (SSSR count). The van der Waals surface area contributed by atoms with Crippen LogP contribution in [0.25, 0.3) is 0 Å². The first kappa shape index (κ1) is 22.2. The Labute approximate surface area is 184 Å². The van der Waals surface area contributed by atoms with Gasteiger partial charge in [-0.05, 0) is 66.7 Å². The smallest absolute Gasteiger partial charge is 0.261 e. The molecule has 0 saturated carbocycles. The molecule has 0 aromatic heterocycles. The highest BCUT2D eigenvalue weighted by Crippen LogP contribution is 2.29. The number of nitrogens with one attached hydrogen (secondary N) is 2. The molecule has 2 N–H and O–H groups in total. The molecule has 0 saturated heterocycles. The summed E-state index contributed by atoms with van der Waals surface area (Å²) in [6, 6.07) is 15.5. The number of sulfonamides is 2. The Morgan fingerprint density at radius 2 is 1.30 bits per heavy atom. The van der Waals surface area contributed by atoms with Gasteiger partial charge in [0.2, 0.25) is 0 Å². The van der Waals surface area contributed by atoms with E-state index in [9.17, 15) is 16.8 Å². The molecule has 0 bridgehead atoms. The van der Waals surface area contributed by atoms with Gasteiger partial charge in [-0.15, -0.1) is 0 Å². The van der Waals surface area contributed by atoms with E-state index in [0.29, 0.717) is 16.5 Å². The van der Waals surface area contributed by atoms with Crippen LogP contribution in [0.3, 0.4) is 0 Å². The molecule has 0 heterocycles. The maximum atomic E-state index is 12.7. The van der Waals surface area contributed by atoms with Crippen molar-refractivity contribution in [2.75, 3.05) is 16.6 Å². The fourth-order valence-corrected chi connectivity index (χ4v) is 4.94. The second-order valence-electron chi connectivity index (χ2n) is 6.04. The van der Waals surface area contributed by atoms with Gasteiger partial charge in [-0.1, -0.05) is 23.2 Å². The minimum Gasteiger partial charge on any atom is -0.497 e. The molecule has 0 atom stereocenters. The lowest BCUT2D eigenvalue weighted by Gasteiger charge is -2.13. The van der Waals surface area contributed by atoms with Crippen molar-refractivity contribution in [3.63, 3.8) is 0 Å². The minimum absolute atomic E-state index is 0.0353. The zero-order valence-corrected chi connectivity index (χ0v) is 18.6. The first-order valence-electron chi connectivity index (χ1n) is 8.35. The van der Waals surface area contributed by atoms with Crippen LogP contribution in [0.5, 0.6) is 5.75 Å². The molecule has 158 valence electrons. The van der Waals surface area contributed by atoms with E-state index in [1.807, 2.05) is 0 Å². The molecule has 0 aliphatic carbocycles. The number of benzene rings is 3. The molecule has 0 amide bonds. The normalized spacial score (nSPS) is 11.7. The van der Waals surface area contributed by atoms with Gasteiger partial charge in [0.05, 0.1) is 27.6 Å². The van der Waals surface area contributed by atoms with Crippen LogP contribution in [-0.4, -0.2) is 23.9 Å². The Balaban J connectivity index is 1.89. The molecule has 3 aromatic rings. The Morgan fingerprint density at radius 1 is 0.733 bits per heavy atom. The van der Waals surface area contributed by atoms with E-state index in [1.165, 1.54) is 67.8 Å². The molecule has 0 aliphatic rings. The lowest BCUT2D eigenvalue weighted by atomic mass is 10.3. The SMILES string of the molecule is COc1ccc(S(=O)(=O)Nc2cc(S(=O)(=O)Nc3ccc(Cl)cc3)ccc2Cl)cc1. The Morgan fingerprint density at radius 3 is 1.90 bits per heavy atom. The summed E-state index contributed by atoms with van der Waals surface area (Å²) in [7, 11) is -6.54. The van der Waals surface area contributed by atoms with Crippen LogP contribution < -0.4 is 14.2 Å². The van der Waals surface area contributed by atoms with Crippen molar-refractivity contribution in [2.45, 2.75) is 9.79 Å². The van der Waals surface area contributed by atoms with Gasteiger partial charge >= 0.3 is 0 Å². The Hall–Kier alpha value is -2.46. The predicted molar refractivity (Wildman–Crippen MR) is 118 cm³/mol. The van der Waals surface area contributed by atoms with Gasteiger partial charge in [0, 0.05) is 10.7 Å². The van der Waals surface area contributed by atoms with Gasteiger partial charge in [-0.3, -0.25) is 9.44 Å². The second-order valence-corrected chi connectivity index (χ2v) is 10.2. The summed E-state index contributed by atoms with van der Waals surface area (Å²) in [6.07, 6.45) is 0. The van der Waals surface area contributed by atoms with Gasteiger partial charge in [0.25, 0.3) is 20.0 Å². The second kappa shape index (κ2) is 8.73. The van der Waals surface area contributed by atoms with E-state index in [2.05, 4.69) is 9.44 Å². The zero-order chi connectivity index (χ0) is 21.9. The molecular formula is C19H16Cl2N2O5S2. The van der Waals surface area contributed by atoms with Crippen molar-refractivity contribution >= 4 is 54.6 Å². The molecular weight excluding hydrogens is 471 g/mol. The number of halogens is 2. The largest absolute Gasteiger partial charge is 0.497 e. The summed E-state index contributed by atoms with van der Waals surface area (Å²) >= 11 is 11.9. The van der Waals surface area contributed by atoms with E-state index in [4.69, 9.17) is 27.9 Å². The van der Waals surface area contributed by atoms with Gasteiger partial charge in [0.15, 0.2) is 0 Å². The molecule has 3 aromatic carbocycles. The van der Waals surface area contributed by atoms with Crippen molar-refractivity contribution in [3.05, 3.63) is 76.8 Å². The molecule has 0 unspecified atom stereocenters. The molecule has 0 radical (unpaired) electrons. The maximum absolute atomic E-state index is 12.7. The monoisotopic (exact) mass is 486 g/mol. The van der Waals surface area contributed by atoms with Gasteiger partial charge in [-0.25, -0.2) is 16.8 Å². The van der Waals surface area contributed by atoms with Crippen LogP contribution in [-0.2, 0) is 20.0 Å². The number of rotatable bonds is 7. The van der Waals surface area contributed by atoms with E-state index < -0.39 is 20.0 Å². The highest BCUT2D eigenvalue weighted by Gasteiger charge is 2.20. The molecule has 11 heteroatoms. The Bertz CT molecular complexity index is 1260. The summed E-state index contributed by atoms with van der Waals surface area (Å²) in [6.45, 7) is 0. The third-order valence-electron chi connectivity index (χ3n) is 3.96. The zero-order valence-electron chi connectivity index (χ0n) is 15.5. The summed E-state index contributed by atoms with van der Waals surface area (Å²) in [4.78, 5) is -0.207. The highest BCUT2D eigenvalue weighted by atomic mass is 35.5. The van der Waals surface area contributed by atoms with Gasteiger partial charge < -0.3 is 4.74 Å². The summed E-state index contributed by atoms with van der Waals surface area (Å²) in [5.74, 6) is 0.494. The molecule has 7 nitrogen and oxygen atoms in total. The quantitative estimate of drug-likeness (QED) is 0.507. The van der Waals surface area contributed by atoms with Crippen molar-refractivity contribution in [1.82, 2.24) is 0 Å². The van der Waals surface area contributed by atoms with Crippen molar-refractivity contribution < 1.29 is 21.6 Å². The number of ether oxygens (including phenoxy) is 1. The number of hydrogen-bond donors (Lipinski definition) is 2. The van der Waals surface area contributed by atoms with E-state index in [1.54, 1.807) is 0 Å². The third kappa shape index (κ3) is 5.17. The number of hydrogen-bond acceptors (Lipinski definition) is 5. The molecule has 0 spiro atoms. The molecule has 30 heavy (non-hydrogen) atoms. The lowest BCUT2D eigenvalue weighted by molar-refractivity contribution is 0.414. The minimum atomic E-state index is -4.01. The summed E-state index contributed by atoms with van der Waals surface area (Å²) < 4.78 is 60.4. The van der Waals surface area contributed by atoms with Crippen LogP contribution in [0.2, 0.25) is 10.0 Å². The maximum Gasteiger partial charge on any atom is 0.261 e. The van der Waals surface area contributed by atoms with Crippen LogP contribution in [0.4, 0.5) is 11.4 Å². The topological polar surface area (TPSA) is 102 Å². The van der Waals surface area contributed by atoms with Crippen LogP contribution in [0.15, 0.2) is 76.5 Å². The predicted octanol–water partition coefficient (Wildman–Crippen LogP) is 4.60. The first-order chi connectivity index (χ1) is 14.1. The van der Waals surface area contributed by atoms with Gasteiger partial charge in [0.1, 0.15) is 5.75 Å². The van der Waals surface area contributed by atoms with E-state index >= 15 is 0 Å². The van der Waals surface area contributed by atoms with Crippen LogP contribution in [0.1, 0.15) is 0 Å². The Kier molecular flexibility index (Phi) is 6.47. The first-order valence-corrected chi connectivity index (χ1v) is 12.1. The van der Waals surface area contributed by atoms with E-state index in [-0.39, 0.29) is 20.5 Å². The average Bonchev–Trinajstić information content (AvgIpc) is 2.71. The third-order valence-corrected chi connectivity index (χ3v) is 7.30. The van der Waals surface area contributed by atoms with Gasteiger partial charge in [-0.2, -0.15) is 0 Å². The van der Waals surface area contributed by atoms with Crippen molar-refractivity contribution in [3.8, 4) is 5.75 Å². The van der Waals surface area contributed by atoms with Crippen molar-refractivity contribution in [1.29, 1.82) is 0 Å². The van der Waals surface area contributed by atoms with Crippen molar-refractivity contribution in [2.24, 2.45) is 0 Å². The number of anilines is 2. The molecule has 0 fully saturated rings. The van der Waals surface area contributed by atoms with Crippen LogP contribution >= 0.6 is 23.2 Å². The summed E-state index contributed by atoms with van der Waals surface area (Å²) in [5, 5.41) is 0.497. The standard InChI is InChI=1S/C19H16Cl2N2O5S2/c1-28-15-6-8-16(9-7-15)29(24,25)23-19-12-17(10-11-18(19)21)30(26,27)22-14-4-2-13(20)3-5-14/h2-12,22-23H,1H3. The fraction of sp³-hybridized carbons (Fsp3) is 0.0526. The number of methoxy groups -OCH3 is 1. The lowest BCUT2D eigenvalue weighted by Crippen LogP contribution is -2.16.